The molecule has 10 aromatic carbocycles. The van der Waals surface area contributed by atoms with Gasteiger partial charge in [0.2, 0.25) is 0 Å². The Labute approximate surface area is 404 Å². The van der Waals surface area contributed by atoms with E-state index in [0.717, 1.165) is 0 Å². The van der Waals surface area contributed by atoms with Gasteiger partial charge in [-0.25, -0.2) is 0 Å². The monoisotopic (exact) mass is 881 g/mol. The van der Waals surface area contributed by atoms with Gasteiger partial charge in [-0.15, -0.1) is 0 Å². The zero-order valence-electron chi connectivity index (χ0n) is 42.2. The summed E-state index contributed by atoms with van der Waals surface area (Å²) in [6.45, 7) is 28.4. The summed E-state index contributed by atoms with van der Waals surface area (Å²) in [5.41, 5.74) is 20.7. The molecule has 0 unspecified atom stereocenters. The van der Waals surface area contributed by atoms with Crippen LogP contribution in [0.15, 0.2) is 170 Å². The third kappa shape index (κ3) is 7.27. The minimum Gasteiger partial charge on any atom is -0.0622 e. The van der Waals surface area contributed by atoms with Gasteiger partial charge in [0.15, 0.2) is 0 Å². The second-order valence-corrected chi connectivity index (χ2v) is 23.8. The summed E-state index contributed by atoms with van der Waals surface area (Å²) < 4.78 is 0. The van der Waals surface area contributed by atoms with Crippen molar-refractivity contribution in [3.8, 4) is 66.8 Å². The maximum Gasteiger partial charge on any atom is -0.000719 e. The Bertz CT molecular complexity index is 3600. The smallest absolute Gasteiger partial charge is 0.000719 e. The number of benzene rings is 10. The van der Waals surface area contributed by atoms with E-state index in [0.29, 0.717) is 0 Å². The van der Waals surface area contributed by atoms with Gasteiger partial charge >= 0.3 is 0 Å². The minimum absolute atomic E-state index is 0.0580. The zero-order valence-corrected chi connectivity index (χ0v) is 42.2. The molecule has 0 aromatic heterocycles. The predicted octanol–water partition coefficient (Wildman–Crippen LogP) is 19.8. The van der Waals surface area contributed by atoms with E-state index in [2.05, 4.69) is 253 Å². The molecule has 0 saturated carbocycles. The van der Waals surface area contributed by atoms with Gasteiger partial charge in [-0.2, -0.15) is 0 Å². The van der Waals surface area contributed by atoms with Crippen LogP contribution in [0.4, 0.5) is 0 Å². The van der Waals surface area contributed by atoms with Crippen LogP contribution in [-0.4, -0.2) is 0 Å². The van der Waals surface area contributed by atoms with Gasteiger partial charge in [0.25, 0.3) is 0 Å². The highest BCUT2D eigenvalue weighted by atomic mass is 14.4. The second kappa shape index (κ2) is 15.4. The summed E-state index contributed by atoms with van der Waals surface area (Å²) in [6, 6.07) is 65.6. The van der Waals surface area contributed by atoms with Crippen molar-refractivity contribution in [1.29, 1.82) is 0 Å². The van der Waals surface area contributed by atoms with Gasteiger partial charge in [-0.05, 0) is 184 Å². The van der Waals surface area contributed by atoms with Gasteiger partial charge < -0.3 is 0 Å². The number of rotatable bonds is 4. The third-order valence-corrected chi connectivity index (χ3v) is 14.9. The molecule has 1 aliphatic rings. The van der Waals surface area contributed by atoms with E-state index in [9.17, 15) is 0 Å². The molecule has 0 heterocycles. The van der Waals surface area contributed by atoms with Crippen molar-refractivity contribution in [1.82, 2.24) is 0 Å². The largest absolute Gasteiger partial charge is 0.0622 e. The van der Waals surface area contributed by atoms with Crippen molar-refractivity contribution in [3.05, 3.63) is 192 Å². The van der Waals surface area contributed by atoms with E-state index >= 15 is 0 Å². The Kier molecular flexibility index (Phi) is 9.90. The van der Waals surface area contributed by atoms with Crippen LogP contribution >= 0.6 is 0 Å². The predicted molar refractivity (Wildman–Crippen MR) is 297 cm³/mol. The summed E-state index contributed by atoms with van der Waals surface area (Å²) in [6.07, 6.45) is 0. The van der Waals surface area contributed by atoms with Crippen molar-refractivity contribution in [2.75, 3.05) is 0 Å². The highest BCUT2D eigenvalue weighted by Crippen LogP contribution is 2.60. The molecule has 0 saturated heterocycles. The molecule has 0 aliphatic heterocycles. The van der Waals surface area contributed by atoms with Gasteiger partial charge in [0.05, 0.1) is 0 Å². The van der Waals surface area contributed by atoms with Crippen molar-refractivity contribution >= 4 is 43.1 Å². The fourth-order valence-corrected chi connectivity index (χ4v) is 11.0. The Morgan fingerprint density at radius 2 is 0.618 bits per heavy atom. The SMILES string of the molecule is CC(C)(C)c1cc(-c2c3c(c(-c4cc(C(C)(C)C)cc(C(C)(C)C)c4)c4cc5cc(-c6ccccc6)c(-c6ccccc6)cc5cc24)-c2cc4ccccc4c4cccc-3c24)cc(C(C)(C)C)c1. The second-order valence-electron chi connectivity index (χ2n) is 23.8. The highest BCUT2D eigenvalue weighted by Gasteiger charge is 2.34. The highest BCUT2D eigenvalue weighted by molar-refractivity contribution is 6.31. The molecule has 0 heteroatoms. The van der Waals surface area contributed by atoms with E-state index < -0.39 is 0 Å². The van der Waals surface area contributed by atoms with E-state index in [-0.39, 0.29) is 21.7 Å². The maximum atomic E-state index is 2.56. The Hall–Kier alpha value is -6.76. The first-order valence-corrected chi connectivity index (χ1v) is 24.7. The maximum absolute atomic E-state index is 2.56. The summed E-state index contributed by atoms with van der Waals surface area (Å²) in [5, 5.41) is 10.3. The normalized spacial score (nSPS) is 13.0. The zero-order chi connectivity index (χ0) is 47.7. The van der Waals surface area contributed by atoms with Crippen molar-refractivity contribution in [3.63, 3.8) is 0 Å². The van der Waals surface area contributed by atoms with Crippen LogP contribution in [-0.2, 0) is 21.7 Å². The topological polar surface area (TPSA) is 0 Å². The minimum atomic E-state index is -0.0595. The first-order chi connectivity index (χ1) is 32.2. The standard InChI is InChI=1S/C68H64/c1-65(2,3)48-30-46(31-49(39-48)66(4,5)6)60-57-37-44-35-55(41-22-15-13-16-23-41)56(42-24-17-14-18-25-42)36-45(44)38-58(57)61(47-32-50(67(7,8)9)40-51(33-47)68(10,11)12)64-59-34-43-26-19-20-27-52(43)53-28-21-29-54(62(53)59)63(60)64/h13-40H,1-12H3. The summed E-state index contributed by atoms with van der Waals surface area (Å²) in [7, 11) is 0. The first-order valence-electron chi connectivity index (χ1n) is 24.7. The Balaban J connectivity index is 1.41. The third-order valence-electron chi connectivity index (χ3n) is 14.9. The fraction of sp³-hybridized carbons (Fsp3) is 0.235. The molecule has 68 heavy (non-hydrogen) atoms. The van der Waals surface area contributed by atoms with Crippen LogP contribution in [0.1, 0.15) is 105 Å². The van der Waals surface area contributed by atoms with Crippen LogP contribution in [0.2, 0.25) is 0 Å². The Morgan fingerprint density at radius 1 is 0.235 bits per heavy atom. The summed E-state index contributed by atoms with van der Waals surface area (Å²) in [4.78, 5) is 0. The van der Waals surface area contributed by atoms with Crippen LogP contribution in [0.5, 0.6) is 0 Å². The first kappa shape index (κ1) is 43.8. The van der Waals surface area contributed by atoms with E-state index in [1.807, 2.05) is 0 Å². The van der Waals surface area contributed by atoms with Crippen LogP contribution in [0.3, 0.4) is 0 Å². The van der Waals surface area contributed by atoms with E-state index in [1.54, 1.807) is 0 Å². The van der Waals surface area contributed by atoms with Gasteiger partial charge in [0, 0.05) is 0 Å². The fourth-order valence-electron chi connectivity index (χ4n) is 11.0. The molecule has 0 fully saturated rings. The molecule has 0 atom stereocenters. The van der Waals surface area contributed by atoms with E-state index in [4.69, 9.17) is 0 Å². The number of fused-ring (bicyclic) bond motifs is 7. The molecule has 0 radical (unpaired) electrons. The van der Waals surface area contributed by atoms with Crippen LogP contribution < -0.4 is 0 Å². The average molecular weight is 881 g/mol. The molecule has 10 aromatic rings. The molecule has 0 amide bonds. The van der Waals surface area contributed by atoms with Gasteiger partial charge in [-0.3, -0.25) is 0 Å². The number of hydrogen-bond acceptors (Lipinski definition) is 0. The van der Waals surface area contributed by atoms with Crippen molar-refractivity contribution in [2.45, 2.75) is 105 Å². The summed E-state index contributed by atoms with van der Waals surface area (Å²) >= 11 is 0. The molecule has 11 rings (SSSR count). The number of hydrogen-bond donors (Lipinski definition) is 0. The molecule has 0 nitrogen and oxygen atoms in total. The lowest BCUT2D eigenvalue weighted by Crippen LogP contribution is -2.17. The van der Waals surface area contributed by atoms with Crippen LogP contribution in [0.25, 0.3) is 110 Å². The van der Waals surface area contributed by atoms with Gasteiger partial charge in [0.1, 0.15) is 0 Å². The van der Waals surface area contributed by atoms with Gasteiger partial charge in [-0.1, -0.05) is 223 Å². The van der Waals surface area contributed by atoms with Crippen LogP contribution in [0, 0.1) is 0 Å². The molecule has 0 N–H and O–H groups in total. The summed E-state index contributed by atoms with van der Waals surface area (Å²) in [5.74, 6) is 0. The molecule has 336 valence electrons. The average Bonchev–Trinajstić information content (AvgIpc) is 3.62. The molecule has 0 spiro atoms. The molecule has 0 bridgehead atoms. The molecular weight excluding hydrogens is 817 g/mol. The lowest BCUT2D eigenvalue weighted by atomic mass is 9.75. The molecular formula is C68H64. The lowest BCUT2D eigenvalue weighted by molar-refractivity contribution is 0.568. The molecule has 1 aliphatic carbocycles. The van der Waals surface area contributed by atoms with Crippen molar-refractivity contribution < 1.29 is 0 Å². The quantitative estimate of drug-likeness (QED) is 0.122. The Morgan fingerprint density at radius 3 is 1.06 bits per heavy atom. The lowest BCUT2D eigenvalue weighted by Gasteiger charge is -2.29. The van der Waals surface area contributed by atoms with Crippen molar-refractivity contribution in [2.24, 2.45) is 0 Å². The van der Waals surface area contributed by atoms with E-state index in [1.165, 1.54) is 132 Å².